The monoisotopic (exact) mass is 310 g/mol. The zero-order chi connectivity index (χ0) is 15.3. The SMILES string of the molecule is CCc1nn(CCSC(F)(F)F)c(CC)c1C(O)CC. The molecule has 0 radical (unpaired) electrons. The van der Waals surface area contributed by atoms with Crippen LogP contribution in [0.1, 0.15) is 50.2 Å². The van der Waals surface area contributed by atoms with Gasteiger partial charge in [0.1, 0.15) is 0 Å². The average Bonchev–Trinajstić information content (AvgIpc) is 2.74. The lowest BCUT2D eigenvalue weighted by Gasteiger charge is -2.12. The highest BCUT2D eigenvalue weighted by molar-refractivity contribution is 8.00. The Bertz CT molecular complexity index is 432. The molecule has 0 aliphatic carbocycles. The van der Waals surface area contributed by atoms with E-state index < -0.39 is 11.6 Å². The summed E-state index contributed by atoms with van der Waals surface area (Å²) in [5.41, 5.74) is -1.78. The fourth-order valence-electron chi connectivity index (χ4n) is 2.22. The third-order valence-electron chi connectivity index (χ3n) is 3.13. The maximum absolute atomic E-state index is 12.2. The number of aromatic nitrogens is 2. The molecule has 1 heterocycles. The van der Waals surface area contributed by atoms with Gasteiger partial charge in [0.25, 0.3) is 0 Å². The highest BCUT2D eigenvalue weighted by Crippen LogP contribution is 2.31. The minimum Gasteiger partial charge on any atom is -0.388 e. The lowest BCUT2D eigenvalue weighted by atomic mass is 10.0. The predicted octanol–water partition coefficient (Wildman–Crippen LogP) is 3.70. The fraction of sp³-hybridized carbons (Fsp3) is 0.769. The minimum absolute atomic E-state index is 0.0389. The molecule has 0 aliphatic rings. The number of thioether (sulfide) groups is 1. The van der Waals surface area contributed by atoms with Gasteiger partial charge in [0, 0.05) is 17.0 Å². The largest absolute Gasteiger partial charge is 0.441 e. The van der Waals surface area contributed by atoms with E-state index >= 15 is 0 Å². The summed E-state index contributed by atoms with van der Waals surface area (Å²) in [4.78, 5) is 0. The van der Waals surface area contributed by atoms with E-state index in [1.54, 1.807) is 4.68 Å². The second kappa shape index (κ2) is 7.36. The van der Waals surface area contributed by atoms with E-state index in [2.05, 4.69) is 5.10 Å². The van der Waals surface area contributed by atoms with E-state index in [0.717, 1.165) is 17.0 Å². The Kier molecular flexibility index (Phi) is 6.39. The van der Waals surface area contributed by atoms with Gasteiger partial charge in [0.15, 0.2) is 0 Å². The number of halogens is 3. The molecule has 1 rings (SSSR count). The molecule has 1 N–H and O–H groups in total. The van der Waals surface area contributed by atoms with Gasteiger partial charge in [-0.25, -0.2) is 0 Å². The molecular formula is C13H21F3N2OS. The lowest BCUT2D eigenvalue weighted by molar-refractivity contribution is -0.0328. The van der Waals surface area contributed by atoms with Crippen molar-refractivity contribution in [2.24, 2.45) is 0 Å². The van der Waals surface area contributed by atoms with Crippen molar-refractivity contribution in [2.75, 3.05) is 5.75 Å². The molecule has 0 spiro atoms. The van der Waals surface area contributed by atoms with Crippen molar-refractivity contribution in [1.29, 1.82) is 0 Å². The van der Waals surface area contributed by atoms with Crippen molar-refractivity contribution >= 4 is 11.8 Å². The molecule has 1 aromatic heterocycles. The normalized spacial score (nSPS) is 13.8. The first-order valence-corrected chi connectivity index (χ1v) is 7.79. The van der Waals surface area contributed by atoms with Gasteiger partial charge in [-0.2, -0.15) is 18.3 Å². The van der Waals surface area contributed by atoms with Gasteiger partial charge in [-0.3, -0.25) is 4.68 Å². The van der Waals surface area contributed by atoms with Gasteiger partial charge < -0.3 is 5.11 Å². The molecule has 0 bridgehead atoms. The first-order valence-electron chi connectivity index (χ1n) is 6.81. The molecule has 0 fully saturated rings. The van der Waals surface area contributed by atoms with Crippen molar-refractivity contribution in [1.82, 2.24) is 9.78 Å². The van der Waals surface area contributed by atoms with Crippen LogP contribution in [0.3, 0.4) is 0 Å². The Morgan fingerprint density at radius 3 is 2.35 bits per heavy atom. The van der Waals surface area contributed by atoms with Gasteiger partial charge in [-0.05, 0) is 31.0 Å². The maximum atomic E-state index is 12.2. The first kappa shape index (κ1) is 17.4. The Balaban J connectivity index is 2.93. The van der Waals surface area contributed by atoms with E-state index in [0.29, 0.717) is 19.3 Å². The molecule has 0 saturated carbocycles. The number of aryl methyl sites for hydroxylation is 2. The average molecular weight is 310 g/mol. The lowest BCUT2D eigenvalue weighted by Crippen LogP contribution is -2.11. The third-order valence-corrected chi connectivity index (χ3v) is 3.85. The van der Waals surface area contributed by atoms with E-state index in [9.17, 15) is 18.3 Å². The van der Waals surface area contributed by atoms with Crippen LogP contribution in [0.15, 0.2) is 0 Å². The number of rotatable bonds is 7. The van der Waals surface area contributed by atoms with Crippen LogP contribution in [-0.2, 0) is 19.4 Å². The predicted molar refractivity (Wildman–Crippen MR) is 74.7 cm³/mol. The first-order chi connectivity index (χ1) is 9.34. The van der Waals surface area contributed by atoms with Crippen LogP contribution in [0.4, 0.5) is 13.2 Å². The molecule has 1 aromatic rings. The highest BCUT2D eigenvalue weighted by Gasteiger charge is 2.28. The summed E-state index contributed by atoms with van der Waals surface area (Å²) in [6.07, 6.45) is 1.29. The summed E-state index contributed by atoms with van der Waals surface area (Å²) in [5.74, 6) is -0.0665. The van der Waals surface area contributed by atoms with E-state index in [1.807, 2.05) is 20.8 Å². The zero-order valence-corrected chi connectivity index (χ0v) is 12.8. The van der Waals surface area contributed by atoms with Crippen LogP contribution in [0.2, 0.25) is 0 Å². The second-order valence-corrected chi connectivity index (χ2v) is 5.62. The summed E-state index contributed by atoms with van der Waals surface area (Å²) >= 11 is -0.0389. The standard InChI is InChI=1S/C13H21F3N2OS/c1-4-9-12(11(19)6-3)10(5-2)18(17-9)7-8-20-13(14,15)16/h11,19H,4-8H2,1-3H3. The molecule has 0 saturated heterocycles. The van der Waals surface area contributed by atoms with Crippen LogP contribution < -0.4 is 0 Å². The van der Waals surface area contributed by atoms with Crippen LogP contribution in [0, 0.1) is 0 Å². The summed E-state index contributed by atoms with van der Waals surface area (Å²) < 4.78 is 38.1. The van der Waals surface area contributed by atoms with Crippen molar-refractivity contribution in [3.05, 3.63) is 17.0 Å². The number of hydrogen-bond acceptors (Lipinski definition) is 3. The zero-order valence-electron chi connectivity index (χ0n) is 12.0. The van der Waals surface area contributed by atoms with Crippen molar-refractivity contribution < 1.29 is 18.3 Å². The summed E-state index contributed by atoms with van der Waals surface area (Å²) in [6.45, 7) is 5.94. The second-order valence-electron chi connectivity index (χ2n) is 4.46. The van der Waals surface area contributed by atoms with Crippen molar-refractivity contribution in [3.63, 3.8) is 0 Å². The maximum Gasteiger partial charge on any atom is 0.441 e. The molecule has 3 nitrogen and oxygen atoms in total. The number of aliphatic hydroxyl groups is 1. The van der Waals surface area contributed by atoms with Crippen LogP contribution in [-0.4, -0.2) is 26.1 Å². The summed E-state index contributed by atoms with van der Waals surface area (Å²) in [7, 11) is 0. The minimum atomic E-state index is -4.21. The van der Waals surface area contributed by atoms with E-state index in [4.69, 9.17) is 0 Å². The molecule has 7 heteroatoms. The number of hydrogen-bond donors (Lipinski definition) is 1. The quantitative estimate of drug-likeness (QED) is 0.834. The Hall–Kier alpha value is -0.690. The topological polar surface area (TPSA) is 38.0 Å². The van der Waals surface area contributed by atoms with Gasteiger partial charge in [-0.15, -0.1) is 0 Å². The fourth-order valence-corrected chi connectivity index (χ4v) is 2.72. The molecular weight excluding hydrogens is 289 g/mol. The molecule has 20 heavy (non-hydrogen) atoms. The van der Waals surface area contributed by atoms with Crippen molar-refractivity contribution in [2.45, 2.75) is 58.2 Å². The third kappa shape index (κ3) is 4.41. The van der Waals surface area contributed by atoms with Crippen molar-refractivity contribution in [3.8, 4) is 0 Å². The highest BCUT2D eigenvalue weighted by atomic mass is 32.2. The van der Waals surface area contributed by atoms with Gasteiger partial charge in [0.2, 0.25) is 0 Å². The Labute approximate surface area is 121 Å². The molecule has 0 amide bonds. The smallest absolute Gasteiger partial charge is 0.388 e. The molecule has 1 unspecified atom stereocenters. The van der Waals surface area contributed by atoms with Crippen LogP contribution in [0.25, 0.3) is 0 Å². The molecule has 1 atom stereocenters. The summed E-state index contributed by atoms with van der Waals surface area (Å²) in [5, 5.41) is 14.4. The molecule has 0 aliphatic heterocycles. The molecule has 0 aromatic carbocycles. The van der Waals surface area contributed by atoms with Crippen LogP contribution in [0.5, 0.6) is 0 Å². The van der Waals surface area contributed by atoms with Gasteiger partial charge >= 0.3 is 5.51 Å². The van der Waals surface area contributed by atoms with Crippen LogP contribution >= 0.6 is 11.8 Å². The summed E-state index contributed by atoms with van der Waals surface area (Å²) in [6, 6.07) is 0. The van der Waals surface area contributed by atoms with Gasteiger partial charge in [-0.1, -0.05) is 20.8 Å². The number of alkyl halides is 3. The Morgan fingerprint density at radius 2 is 1.90 bits per heavy atom. The van der Waals surface area contributed by atoms with E-state index in [1.165, 1.54) is 0 Å². The Morgan fingerprint density at radius 1 is 1.25 bits per heavy atom. The molecule has 116 valence electrons. The van der Waals surface area contributed by atoms with E-state index in [-0.39, 0.29) is 24.1 Å². The number of aliphatic hydroxyl groups excluding tert-OH is 1. The van der Waals surface area contributed by atoms with Gasteiger partial charge in [0.05, 0.1) is 18.3 Å². The number of nitrogens with zero attached hydrogens (tertiary/aromatic N) is 2.